The van der Waals surface area contributed by atoms with Crippen molar-refractivity contribution in [1.29, 1.82) is 0 Å². The van der Waals surface area contributed by atoms with E-state index in [4.69, 9.17) is 0 Å². The van der Waals surface area contributed by atoms with Gasteiger partial charge in [0.05, 0.1) is 10.7 Å². The zero-order valence-corrected chi connectivity index (χ0v) is 19.4. The SMILES string of the molecule is CCC1CCCCN1CCNC(=NC)NCC1CCN(Cc2csc(C)n2)CC1. The van der Waals surface area contributed by atoms with Gasteiger partial charge in [-0.05, 0) is 64.6 Å². The van der Waals surface area contributed by atoms with Crippen molar-refractivity contribution in [2.45, 2.75) is 65.0 Å². The minimum atomic E-state index is 0.730. The summed E-state index contributed by atoms with van der Waals surface area (Å²) < 4.78 is 0. The summed E-state index contributed by atoms with van der Waals surface area (Å²) in [6.07, 6.45) is 7.88. The topological polar surface area (TPSA) is 55.8 Å². The van der Waals surface area contributed by atoms with Gasteiger partial charge in [-0.15, -0.1) is 11.3 Å². The number of nitrogens with one attached hydrogen (secondary N) is 2. The molecule has 3 rings (SSSR count). The summed E-state index contributed by atoms with van der Waals surface area (Å²) in [5.41, 5.74) is 1.23. The van der Waals surface area contributed by atoms with Gasteiger partial charge in [-0.2, -0.15) is 0 Å². The standard InChI is InChI=1S/C22H40N6S/c1-4-21-7-5-6-11-28(21)14-10-24-22(23-3)25-15-19-8-12-27(13-9-19)16-20-17-29-18(2)26-20/h17,19,21H,4-16H2,1-3H3,(H2,23,24,25). The third-order valence-corrected chi connectivity index (χ3v) is 7.28. The van der Waals surface area contributed by atoms with Crippen LogP contribution >= 0.6 is 11.3 Å². The molecule has 2 saturated heterocycles. The molecule has 2 aliphatic heterocycles. The van der Waals surface area contributed by atoms with Crippen molar-refractivity contribution in [2.75, 3.05) is 46.3 Å². The van der Waals surface area contributed by atoms with Crippen molar-refractivity contribution in [3.05, 3.63) is 16.1 Å². The summed E-state index contributed by atoms with van der Waals surface area (Å²) in [5, 5.41) is 10.5. The first-order valence-corrected chi connectivity index (χ1v) is 12.4. The first-order chi connectivity index (χ1) is 14.2. The number of guanidine groups is 1. The molecule has 0 amide bonds. The van der Waals surface area contributed by atoms with Gasteiger partial charge in [0, 0.05) is 44.6 Å². The van der Waals surface area contributed by atoms with E-state index in [-0.39, 0.29) is 0 Å². The summed E-state index contributed by atoms with van der Waals surface area (Å²) in [6.45, 7) is 12.1. The van der Waals surface area contributed by atoms with Gasteiger partial charge >= 0.3 is 0 Å². The third kappa shape index (κ3) is 7.23. The molecular weight excluding hydrogens is 380 g/mol. The van der Waals surface area contributed by atoms with Gasteiger partial charge in [0.15, 0.2) is 5.96 Å². The van der Waals surface area contributed by atoms with Gasteiger partial charge in [0.1, 0.15) is 0 Å². The molecule has 164 valence electrons. The van der Waals surface area contributed by atoms with E-state index in [1.165, 1.54) is 68.9 Å². The van der Waals surface area contributed by atoms with E-state index in [2.05, 4.69) is 49.6 Å². The first-order valence-electron chi connectivity index (χ1n) is 11.5. The largest absolute Gasteiger partial charge is 0.356 e. The maximum atomic E-state index is 4.60. The van der Waals surface area contributed by atoms with E-state index >= 15 is 0 Å². The molecule has 2 aliphatic rings. The number of piperidine rings is 2. The fourth-order valence-electron chi connectivity index (χ4n) is 4.65. The molecule has 3 heterocycles. The summed E-state index contributed by atoms with van der Waals surface area (Å²) in [4.78, 5) is 14.2. The highest BCUT2D eigenvalue weighted by Gasteiger charge is 2.21. The predicted molar refractivity (Wildman–Crippen MR) is 124 cm³/mol. The Morgan fingerprint density at radius 1 is 1.21 bits per heavy atom. The molecule has 2 fully saturated rings. The van der Waals surface area contributed by atoms with Gasteiger partial charge in [-0.1, -0.05) is 13.3 Å². The molecular formula is C22H40N6S. The van der Waals surface area contributed by atoms with Crippen LogP contribution in [-0.2, 0) is 6.54 Å². The lowest BCUT2D eigenvalue weighted by Gasteiger charge is -2.35. The van der Waals surface area contributed by atoms with Crippen LogP contribution in [0.15, 0.2) is 10.4 Å². The van der Waals surface area contributed by atoms with Gasteiger partial charge in [-0.3, -0.25) is 14.8 Å². The van der Waals surface area contributed by atoms with Crippen LogP contribution in [0.2, 0.25) is 0 Å². The average Bonchev–Trinajstić information content (AvgIpc) is 3.16. The molecule has 1 unspecified atom stereocenters. The number of hydrogen-bond donors (Lipinski definition) is 2. The number of rotatable bonds is 8. The van der Waals surface area contributed by atoms with E-state index in [0.29, 0.717) is 0 Å². The monoisotopic (exact) mass is 420 g/mol. The molecule has 6 nitrogen and oxygen atoms in total. The molecule has 1 atom stereocenters. The Morgan fingerprint density at radius 3 is 2.72 bits per heavy atom. The van der Waals surface area contributed by atoms with Crippen molar-refractivity contribution in [2.24, 2.45) is 10.9 Å². The summed E-state index contributed by atoms with van der Waals surface area (Å²) >= 11 is 1.75. The fraction of sp³-hybridized carbons (Fsp3) is 0.818. The molecule has 0 bridgehead atoms. The number of aliphatic imine (C=N–C) groups is 1. The van der Waals surface area contributed by atoms with E-state index < -0.39 is 0 Å². The highest BCUT2D eigenvalue weighted by atomic mass is 32.1. The first kappa shape index (κ1) is 22.5. The molecule has 0 aromatic carbocycles. The minimum absolute atomic E-state index is 0.730. The van der Waals surface area contributed by atoms with Gasteiger partial charge < -0.3 is 10.6 Å². The fourth-order valence-corrected chi connectivity index (χ4v) is 5.26. The van der Waals surface area contributed by atoms with Crippen LogP contribution in [0.4, 0.5) is 0 Å². The van der Waals surface area contributed by atoms with Crippen molar-refractivity contribution >= 4 is 17.3 Å². The molecule has 0 saturated carbocycles. The number of aryl methyl sites for hydroxylation is 1. The lowest BCUT2D eigenvalue weighted by molar-refractivity contribution is 0.147. The summed E-state index contributed by atoms with van der Waals surface area (Å²) in [6, 6.07) is 0.777. The zero-order chi connectivity index (χ0) is 20.5. The van der Waals surface area contributed by atoms with Crippen LogP contribution in [0.1, 0.15) is 56.2 Å². The van der Waals surface area contributed by atoms with Crippen molar-refractivity contribution in [3.63, 3.8) is 0 Å². The second-order valence-electron chi connectivity index (χ2n) is 8.55. The second-order valence-corrected chi connectivity index (χ2v) is 9.61. The predicted octanol–water partition coefficient (Wildman–Crippen LogP) is 3.09. The zero-order valence-electron chi connectivity index (χ0n) is 18.6. The van der Waals surface area contributed by atoms with E-state index in [1.807, 2.05) is 7.05 Å². The number of hydrogen-bond acceptors (Lipinski definition) is 5. The van der Waals surface area contributed by atoms with E-state index in [9.17, 15) is 0 Å². The minimum Gasteiger partial charge on any atom is -0.356 e. The third-order valence-electron chi connectivity index (χ3n) is 6.45. The van der Waals surface area contributed by atoms with Crippen LogP contribution < -0.4 is 10.6 Å². The van der Waals surface area contributed by atoms with Gasteiger partial charge in [-0.25, -0.2) is 4.98 Å². The van der Waals surface area contributed by atoms with Crippen LogP contribution in [0, 0.1) is 12.8 Å². The van der Waals surface area contributed by atoms with Crippen molar-refractivity contribution in [1.82, 2.24) is 25.4 Å². The smallest absolute Gasteiger partial charge is 0.191 e. The highest BCUT2D eigenvalue weighted by Crippen LogP contribution is 2.20. The molecule has 0 spiro atoms. The Hall–Kier alpha value is -1.18. The average molecular weight is 421 g/mol. The van der Waals surface area contributed by atoms with Crippen molar-refractivity contribution < 1.29 is 0 Å². The Bertz CT molecular complexity index is 623. The van der Waals surface area contributed by atoms with Crippen LogP contribution in [-0.4, -0.2) is 73.1 Å². The summed E-state index contributed by atoms with van der Waals surface area (Å²) in [5.74, 6) is 1.68. The van der Waals surface area contributed by atoms with E-state index in [0.717, 1.165) is 44.1 Å². The molecule has 0 radical (unpaired) electrons. The summed E-state index contributed by atoms with van der Waals surface area (Å²) in [7, 11) is 1.88. The lowest BCUT2D eigenvalue weighted by atomic mass is 9.97. The second kappa shape index (κ2) is 11.9. The molecule has 7 heteroatoms. The van der Waals surface area contributed by atoms with Crippen LogP contribution in [0.5, 0.6) is 0 Å². The number of likely N-dealkylation sites (tertiary alicyclic amines) is 2. The highest BCUT2D eigenvalue weighted by molar-refractivity contribution is 7.09. The number of aromatic nitrogens is 1. The molecule has 1 aromatic rings. The Kier molecular flexibility index (Phi) is 9.21. The maximum Gasteiger partial charge on any atom is 0.191 e. The Labute approximate surface area is 181 Å². The molecule has 29 heavy (non-hydrogen) atoms. The number of thiazole rings is 1. The van der Waals surface area contributed by atoms with Gasteiger partial charge in [0.2, 0.25) is 0 Å². The normalized spacial score (nSPS) is 22.7. The van der Waals surface area contributed by atoms with E-state index in [1.54, 1.807) is 11.3 Å². The number of nitrogens with zero attached hydrogens (tertiary/aromatic N) is 4. The Morgan fingerprint density at radius 2 is 2.03 bits per heavy atom. The molecule has 2 N–H and O–H groups in total. The van der Waals surface area contributed by atoms with Gasteiger partial charge in [0.25, 0.3) is 0 Å². The Balaban J connectivity index is 1.30. The van der Waals surface area contributed by atoms with Crippen LogP contribution in [0.25, 0.3) is 0 Å². The van der Waals surface area contributed by atoms with Crippen molar-refractivity contribution in [3.8, 4) is 0 Å². The quantitative estimate of drug-likeness (QED) is 0.500. The lowest BCUT2D eigenvalue weighted by Crippen LogP contribution is -2.47. The van der Waals surface area contributed by atoms with Crippen LogP contribution in [0.3, 0.4) is 0 Å². The molecule has 0 aliphatic carbocycles. The molecule has 1 aromatic heterocycles. The maximum absolute atomic E-state index is 4.60.